The van der Waals surface area contributed by atoms with E-state index in [1.807, 2.05) is 24.3 Å². The molecule has 186 valence electrons. The third-order valence-electron chi connectivity index (χ3n) is 8.07. The number of hydrogen-bond acceptors (Lipinski definition) is 7. The highest BCUT2D eigenvalue weighted by molar-refractivity contribution is 6.31. The second-order valence-corrected chi connectivity index (χ2v) is 9.76. The predicted octanol–water partition coefficient (Wildman–Crippen LogP) is 5.09. The van der Waals surface area contributed by atoms with Crippen molar-refractivity contribution in [1.29, 1.82) is 0 Å². The fourth-order valence-electron chi connectivity index (χ4n) is 6.48. The third kappa shape index (κ3) is 2.78. The number of rotatable bonds is 4. The summed E-state index contributed by atoms with van der Waals surface area (Å²) in [5.74, 6) is -0.783. The van der Waals surface area contributed by atoms with Gasteiger partial charge in [-0.2, -0.15) is 5.10 Å². The summed E-state index contributed by atoms with van der Waals surface area (Å²) in [5, 5.41) is 6.38. The first-order valence-corrected chi connectivity index (χ1v) is 12.4. The second kappa shape index (κ2) is 8.11. The zero-order valence-corrected chi connectivity index (χ0v) is 20.4. The molecule has 1 saturated heterocycles. The number of hydrogen-bond donors (Lipinski definition) is 0. The summed E-state index contributed by atoms with van der Waals surface area (Å²) in [6.45, 7) is 0. The summed E-state index contributed by atoms with van der Waals surface area (Å²) in [5.41, 5.74) is 1.09. The van der Waals surface area contributed by atoms with Crippen LogP contribution in [0.5, 0.6) is 5.75 Å². The van der Waals surface area contributed by atoms with Gasteiger partial charge in [0, 0.05) is 16.7 Å². The highest BCUT2D eigenvalue weighted by Gasteiger charge is 2.73. The van der Waals surface area contributed by atoms with Crippen LogP contribution in [0.3, 0.4) is 0 Å². The van der Waals surface area contributed by atoms with Crippen LogP contribution in [-0.2, 0) is 0 Å². The zero-order chi connectivity index (χ0) is 26.0. The molecular formula is C31H22N2O5. The number of benzene rings is 3. The topological polar surface area (TPSA) is 89.2 Å². The maximum atomic E-state index is 14.5. The number of nitrogens with zero attached hydrogens (tertiary/aromatic N) is 2. The Morgan fingerprint density at radius 1 is 0.895 bits per heavy atom. The predicted molar refractivity (Wildman–Crippen MR) is 139 cm³/mol. The van der Waals surface area contributed by atoms with E-state index in [0.717, 1.165) is 11.1 Å². The lowest BCUT2D eigenvalue weighted by molar-refractivity contribution is 0.0579. The van der Waals surface area contributed by atoms with Crippen molar-refractivity contribution >= 4 is 23.6 Å². The first-order chi connectivity index (χ1) is 18.6. The second-order valence-electron chi connectivity index (χ2n) is 9.76. The van der Waals surface area contributed by atoms with Gasteiger partial charge >= 0.3 is 0 Å². The van der Waals surface area contributed by atoms with Crippen LogP contribution >= 0.6 is 0 Å². The Balaban J connectivity index is 1.51. The van der Waals surface area contributed by atoms with Gasteiger partial charge in [-0.3, -0.25) is 19.4 Å². The maximum Gasteiger partial charge on any atom is 0.187 e. The molecule has 0 bridgehead atoms. The van der Waals surface area contributed by atoms with Crippen LogP contribution in [-0.4, -0.2) is 41.7 Å². The van der Waals surface area contributed by atoms with Crippen molar-refractivity contribution in [2.24, 2.45) is 10.5 Å². The van der Waals surface area contributed by atoms with Gasteiger partial charge in [0.25, 0.3) is 0 Å². The Bertz CT molecular complexity index is 1600. The summed E-state index contributed by atoms with van der Waals surface area (Å²) in [6, 6.07) is 23.0. The number of carbonyl (C=O) groups excluding carboxylic acids is 3. The van der Waals surface area contributed by atoms with Crippen LogP contribution in [0.15, 0.2) is 101 Å². The minimum Gasteiger partial charge on any atom is -0.497 e. The Morgan fingerprint density at radius 2 is 1.58 bits per heavy atom. The van der Waals surface area contributed by atoms with Gasteiger partial charge in [-0.05, 0) is 47.5 Å². The fraction of sp³-hybridized carbons (Fsp3) is 0.161. The first-order valence-electron chi connectivity index (χ1n) is 12.4. The number of ketones is 3. The number of carbonyl (C=O) groups is 3. The summed E-state index contributed by atoms with van der Waals surface area (Å²) in [7, 11) is 1.56. The van der Waals surface area contributed by atoms with Crippen LogP contribution in [0.25, 0.3) is 0 Å². The zero-order valence-electron chi connectivity index (χ0n) is 20.4. The first kappa shape index (κ1) is 22.4. The monoisotopic (exact) mass is 502 g/mol. The third-order valence-corrected chi connectivity index (χ3v) is 8.07. The molecule has 0 unspecified atom stereocenters. The van der Waals surface area contributed by atoms with Crippen LogP contribution in [0.4, 0.5) is 0 Å². The molecule has 7 rings (SSSR count). The van der Waals surface area contributed by atoms with Crippen LogP contribution in [0.2, 0.25) is 0 Å². The summed E-state index contributed by atoms with van der Waals surface area (Å²) in [6.07, 6.45) is 3.19. The molecule has 38 heavy (non-hydrogen) atoms. The fourth-order valence-corrected chi connectivity index (χ4v) is 6.48. The number of fused-ring (bicyclic) bond motifs is 5. The molecule has 3 atom stereocenters. The molecule has 2 aliphatic heterocycles. The van der Waals surface area contributed by atoms with E-state index in [9.17, 15) is 14.4 Å². The molecular weight excluding hydrogens is 480 g/mol. The number of furan rings is 1. The van der Waals surface area contributed by atoms with Crippen molar-refractivity contribution in [3.8, 4) is 5.75 Å². The van der Waals surface area contributed by atoms with Crippen molar-refractivity contribution in [3.05, 3.63) is 125 Å². The van der Waals surface area contributed by atoms with Crippen LogP contribution in [0.1, 0.15) is 59.9 Å². The minimum atomic E-state index is -1.64. The van der Waals surface area contributed by atoms with E-state index >= 15 is 0 Å². The molecule has 1 aliphatic carbocycles. The van der Waals surface area contributed by atoms with E-state index in [4.69, 9.17) is 14.3 Å². The van der Waals surface area contributed by atoms with E-state index < -0.39 is 23.4 Å². The molecule has 0 N–H and O–H groups in total. The normalized spacial score (nSPS) is 22.3. The highest BCUT2D eigenvalue weighted by atomic mass is 16.5. The van der Waals surface area contributed by atoms with Crippen LogP contribution < -0.4 is 4.74 Å². The van der Waals surface area contributed by atoms with Gasteiger partial charge in [0.1, 0.15) is 23.0 Å². The van der Waals surface area contributed by atoms with Gasteiger partial charge in [0.05, 0.1) is 31.5 Å². The van der Waals surface area contributed by atoms with Gasteiger partial charge in [-0.1, -0.05) is 48.5 Å². The molecule has 3 aliphatic rings. The van der Waals surface area contributed by atoms with Crippen molar-refractivity contribution in [3.63, 3.8) is 0 Å². The van der Waals surface area contributed by atoms with E-state index in [2.05, 4.69) is 0 Å². The molecule has 7 nitrogen and oxygen atoms in total. The SMILES string of the molecule is COc1ccc(C(=O)[C@H]2[C@@H](c3ccco3)C3(C(=O)c4ccccc4C3=O)[C@H]3c4ccccc4C=NN23)cc1. The largest absolute Gasteiger partial charge is 0.497 e. The van der Waals surface area contributed by atoms with E-state index in [1.54, 1.807) is 79.0 Å². The molecule has 7 heteroatoms. The summed E-state index contributed by atoms with van der Waals surface area (Å²) >= 11 is 0. The van der Waals surface area contributed by atoms with Gasteiger partial charge in [-0.25, -0.2) is 0 Å². The van der Waals surface area contributed by atoms with E-state index in [1.165, 1.54) is 6.26 Å². The summed E-state index contributed by atoms with van der Waals surface area (Å²) in [4.78, 5) is 43.4. The lowest BCUT2D eigenvalue weighted by Crippen LogP contribution is -2.43. The smallest absolute Gasteiger partial charge is 0.187 e. The number of ether oxygens (including phenoxy) is 1. The van der Waals surface area contributed by atoms with Gasteiger partial charge in [0.2, 0.25) is 0 Å². The van der Waals surface area contributed by atoms with Gasteiger partial charge < -0.3 is 9.15 Å². The number of hydrazone groups is 1. The molecule has 0 amide bonds. The van der Waals surface area contributed by atoms with Crippen molar-refractivity contribution in [2.75, 3.05) is 7.11 Å². The summed E-state index contributed by atoms with van der Waals surface area (Å²) < 4.78 is 11.2. The number of methoxy groups -OCH3 is 1. The minimum absolute atomic E-state index is 0.260. The molecule has 4 aromatic rings. The Morgan fingerprint density at radius 3 is 2.24 bits per heavy atom. The molecule has 1 aromatic heterocycles. The highest BCUT2D eigenvalue weighted by Crippen LogP contribution is 2.64. The number of Topliss-reactive ketones (excluding diaryl/α,β-unsaturated/α-hetero) is 3. The van der Waals surface area contributed by atoms with Crippen molar-refractivity contribution in [2.45, 2.75) is 18.0 Å². The Kier molecular flexibility index (Phi) is 4.79. The van der Waals surface area contributed by atoms with Gasteiger partial charge in [-0.15, -0.1) is 0 Å². The van der Waals surface area contributed by atoms with E-state index in [0.29, 0.717) is 28.2 Å². The van der Waals surface area contributed by atoms with Gasteiger partial charge in [0.15, 0.2) is 17.3 Å². The molecule has 0 saturated carbocycles. The molecule has 3 aromatic carbocycles. The molecule has 1 spiro atoms. The quantitative estimate of drug-likeness (QED) is 0.285. The molecule has 3 heterocycles. The molecule has 0 radical (unpaired) electrons. The van der Waals surface area contributed by atoms with Crippen LogP contribution in [0, 0.1) is 5.41 Å². The standard InChI is InChI=1S/C31H22N2O5/c1-37-20-14-12-18(13-15-20)27(34)26-25(24-11-6-16-38-24)31(29(35)22-9-4-5-10-23(22)30(31)36)28-21-8-3-2-7-19(21)17-32-33(26)28/h2-17,25-26,28H,1H3/t25-,26-,28-/m1/s1. The Labute approximate surface area is 218 Å². The Hall–Kier alpha value is -4.78. The average molecular weight is 503 g/mol. The lowest BCUT2D eigenvalue weighted by Gasteiger charge is -2.36. The maximum absolute atomic E-state index is 14.5. The lowest BCUT2D eigenvalue weighted by atomic mass is 9.64. The van der Waals surface area contributed by atoms with Crippen molar-refractivity contribution < 1.29 is 23.5 Å². The molecule has 1 fully saturated rings. The van der Waals surface area contributed by atoms with Crippen molar-refractivity contribution in [1.82, 2.24) is 5.01 Å². The van der Waals surface area contributed by atoms with E-state index in [-0.39, 0.29) is 17.3 Å². The average Bonchev–Trinajstić information content (AvgIpc) is 3.66.